The van der Waals surface area contributed by atoms with Gasteiger partial charge in [0.25, 0.3) is 0 Å². The van der Waals surface area contributed by atoms with Gasteiger partial charge in [-0.25, -0.2) is 16.8 Å². The number of nitrogens with one attached hydrogen (secondary N) is 2. The fourth-order valence-electron chi connectivity index (χ4n) is 2.80. The van der Waals surface area contributed by atoms with Gasteiger partial charge in [0.2, 0.25) is 26.0 Å². The van der Waals surface area contributed by atoms with Gasteiger partial charge in [-0.2, -0.15) is 0 Å². The van der Waals surface area contributed by atoms with E-state index in [1.54, 1.807) is 12.1 Å². The van der Waals surface area contributed by atoms with Crippen molar-refractivity contribution in [1.29, 1.82) is 0 Å². The number of hydrogen-bond donors (Lipinski definition) is 3. The molecule has 0 aliphatic carbocycles. The summed E-state index contributed by atoms with van der Waals surface area (Å²) in [6.45, 7) is 0. The minimum Gasteiger partial charge on any atom is -0.370 e. The van der Waals surface area contributed by atoms with Gasteiger partial charge in [-0.3, -0.25) is 14.2 Å². The zero-order valence-electron chi connectivity index (χ0n) is 15.8. The van der Waals surface area contributed by atoms with Crippen LogP contribution in [-0.4, -0.2) is 43.1 Å². The third-order valence-electron chi connectivity index (χ3n) is 3.75. The van der Waals surface area contributed by atoms with E-state index in [4.69, 9.17) is 5.73 Å². The number of anilines is 2. The maximum Gasteiger partial charge on any atom is 0.229 e. The van der Waals surface area contributed by atoms with Crippen molar-refractivity contribution < 1.29 is 21.6 Å². The fraction of sp³-hybridized carbons (Fsp3) is 0.235. The maximum absolute atomic E-state index is 11.6. The maximum atomic E-state index is 11.6. The van der Waals surface area contributed by atoms with E-state index < -0.39 is 26.0 Å². The Morgan fingerprint density at radius 1 is 0.964 bits per heavy atom. The highest BCUT2D eigenvalue weighted by molar-refractivity contribution is 7.92. The lowest BCUT2D eigenvalue weighted by molar-refractivity contribution is -0.117. The molecular formula is C17H22BN3O5S2. The van der Waals surface area contributed by atoms with Crippen LogP contribution in [0.3, 0.4) is 0 Å². The van der Waals surface area contributed by atoms with E-state index in [-0.39, 0.29) is 17.8 Å². The molecule has 150 valence electrons. The normalized spacial score (nSPS) is 11.8. The summed E-state index contributed by atoms with van der Waals surface area (Å²) in [5, 5.41) is 0. The van der Waals surface area contributed by atoms with Crippen LogP contribution in [0.5, 0.6) is 0 Å². The molecule has 0 saturated carbocycles. The lowest BCUT2D eigenvalue weighted by Crippen LogP contribution is -2.13. The molecule has 2 aromatic carbocycles. The largest absolute Gasteiger partial charge is 0.370 e. The average molecular weight is 423 g/mol. The standard InChI is InChI=1S/C17H22BN3O5S2/c1-27(23,24)20-14-8-12(9-15(10-14)21-28(2,25)26)16-5-4-13(18)7-11(16)3-6-17(19)22/h4-5,7-10,20-21H,3,6,18H2,1-2H3,(H2,19,22). The molecule has 11 heteroatoms. The molecule has 0 radical (unpaired) electrons. The summed E-state index contributed by atoms with van der Waals surface area (Å²) in [4.78, 5) is 11.2. The molecule has 1 amide bonds. The number of primary amides is 1. The Balaban J connectivity index is 2.61. The Morgan fingerprint density at radius 2 is 1.50 bits per heavy atom. The highest BCUT2D eigenvalue weighted by Crippen LogP contribution is 2.31. The van der Waals surface area contributed by atoms with Crippen LogP contribution in [-0.2, 0) is 31.3 Å². The van der Waals surface area contributed by atoms with Gasteiger partial charge in [0.05, 0.1) is 23.9 Å². The van der Waals surface area contributed by atoms with E-state index in [0.717, 1.165) is 29.1 Å². The number of hydrogen-bond acceptors (Lipinski definition) is 5. The lowest BCUT2D eigenvalue weighted by Gasteiger charge is -2.15. The lowest BCUT2D eigenvalue weighted by atomic mass is 9.88. The molecule has 0 atom stereocenters. The van der Waals surface area contributed by atoms with Crippen molar-refractivity contribution in [1.82, 2.24) is 0 Å². The van der Waals surface area contributed by atoms with Crippen molar-refractivity contribution in [3.63, 3.8) is 0 Å². The summed E-state index contributed by atoms with van der Waals surface area (Å²) in [7, 11) is -5.21. The van der Waals surface area contributed by atoms with E-state index >= 15 is 0 Å². The van der Waals surface area contributed by atoms with Crippen LogP contribution < -0.4 is 20.6 Å². The van der Waals surface area contributed by atoms with Crippen LogP contribution in [0.15, 0.2) is 36.4 Å². The van der Waals surface area contributed by atoms with Crippen molar-refractivity contribution in [3.05, 3.63) is 42.0 Å². The minimum atomic E-state index is -3.56. The zero-order valence-corrected chi connectivity index (χ0v) is 17.4. The summed E-state index contributed by atoms with van der Waals surface area (Å²) in [6.07, 6.45) is 2.58. The first-order valence-corrected chi connectivity index (χ1v) is 12.1. The second kappa shape index (κ2) is 8.23. The molecular weight excluding hydrogens is 401 g/mol. The third kappa shape index (κ3) is 6.89. The molecule has 2 aromatic rings. The van der Waals surface area contributed by atoms with Crippen LogP contribution in [0.4, 0.5) is 11.4 Å². The molecule has 0 aliphatic rings. The van der Waals surface area contributed by atoms with Crippen molar-refractivity contribution in [3.8, 4) is 11.1 Å². The van der Waals surface area contributed by atoms with Crippen molar-refractivity contribution in [2.24, 2.45) is 5.73 Å². The number of aryl methyl sites for hydroxylation is 1. The minimum absolute atomic E-state index is 0.159. The predicted octanol–water partition coefficient (Wildman–Crippen LogP) is -0.227. The van der Waals surface area contributed by atoms with Gasteiger partial charge < -0.3 is 5.73 Å². The van der Waals surface area contributed by atoms with E-state index in [0.29, 0.717) is 12.0 Å². The second-order valence-electron chi connectivity index (χ2n) is 6.67. The first-order valence-electron chi connectivity index (χ1n) is 8.31. The van der Waals surface area contributed by atoms with Crippen LogP contribution in [0.1, 0.15) is 12.0 Å². The molecule has 0 aliphatic heterocycles. The van der Waals surface area contributed by atoms with E-state index in [1.165, 1.54) is 6.07 Å². The zero-order chi connectivity index (χ0) is 21.1. The van der Waals surface area contributed by atoms with Crippen LogP contribution in [0.2, 0.25) is 0 Å². The summed E-state index contributed by atoms with van der Waals surface area (Å²) in [6, 6.07) is 10.2. The number of sulfonamides is 2. The van der Waals surface area contributed by atoms with Gasteiger partial charge in [0.15, 0.2) is 0 Å². The average Bonchev–Trinajstić information content (AvgIpc) is 2.49. The van der Waals surface area contributed by atoms with E-state index in [1.807, 2.05) is 26.0 Å². The Hall–Kier alpha value is -2.53. The number of carbonyl (C=O) groups excluding carboxylic acids is 1. The van der Waals surface area contributed by atoms with Crippen molar-refractivity contribution in [2.45, 2.75) is 12.8 Å². The molecule has 0 bridgehead atoms. The predicted molar refractivity (Wildman–Crippen MR) is 115 cm³/mol. The van der Waals surface area contributed by atoms with Crippen molar-refractivity contribution >= 4 is 50.6 Å². The molecule has 4 N–H and O–H groups in total. The van der Waals surface area contributed by atoms with Crippen molar-refractivity contribution in [2.75, 3.05) is 22.0 Å². The van der Waals surface area contributed by atoms with Crippen LogP contribution in [0.25, 0.3) is 11.1 Å². The molecule has 8 nitrogen and oxygen atoms in total. The highest BCUT2D eigenvalue weighted by atomic mass is 32.2. The number of benzene rings is 2. The Morgan fingerprint density at radius 3 is 1.96 bits per heavy atom. The molecule has 0 heterocycles. The number of rotatable bonds is 8. The van der Waals surface area contributed by atoms with Crippen LogP contribution >= 0.6 is 0 Å². The third-order valence-corrected chi connectivity index (χ3v) is 4.96. The smallest absolute Gasteiger partial charge is 0.229 e. The number of carbonyl (C=O) groups is 1. The van der Waals surface area contributed by atoms with Gasteiger partial charge >= 0.3 is 0 Å². The number of nitrogens with two attached hydrogens (primary N) is 1. The molecule has 0 spiro atoms. The molecule has 0 fully saturated rings. The second-order valence-corrected chi connectivity index (χ2v) is 10.2. The first kappa shape index (κ1) is 21.8. The Bertz CT molecular complexity index is 1060. The molecule has 28 heavy (non-hydrogen) atoms. The van der Waals surface area contributed by atoms with Crippen LogP contribution in [0, 0.1) is 0 Å². The summed E-state index contributed by atoms with van der Waals surface area (Å²) in [5.41, 5.74) is 8.88. The van der Waals surface area contributed by atoms with Gasteiger partial charge in [0, 0.05) is 6.42 Å². The molecule has 0 saturated heterocycles. The van der Waals surface area contributed by atoms with Gasteiger partial charge in [-0.05, 0) is 41.3 Å². The summed E-state index contributed by atoms with van der Waals surface area (Å²) in [5.74, 6) is -0.431. The van der Waals surface area contributed by atoms with E-state index in [2.05, 4.69) is 9.44 Å². The van der Waals surface area contributed by atoms with E-state index in [9.17, 15) is 21.6 Å². The highest BCUT2D eigenvalue weighted by Gasteiger charge is 2.13. The SMILES string of the molecule is Bc1ccc(-c2cc(NS(C)(=O)=O)cc(NS(C)(=O)=O)c2)c(CCC(N)=O)c1. The first-order chi connectivity index (χ1) is 12.8. The quantitative estimate of drug-likeness (QED) is 0.504. The number of amides is 1. The molecule has 2 rings (SSSR count). The topological polar surface area (TPSA) is 135 Å². The van der Waals surface area contributed by atoms with Gasteiger partial charge in [-0.1, -0.05) is 23.7 Å². The van der Waals surface area contributed by atoms with Gasteiger partial charge in [0.1, 0.15) is 7.85 Å². The summed E-state index contributed by atoms with van der Waals surface area (Å²) >= 11 is 0. The monoisotopic (exact) mass is 423 g/mol. The van der Waals surface area contributed by atoms with Gasteiger partial charge in [-0.15, -0.1) is 0 Å². The Kier molecular flexibility index (Phi) is 6.40. The summed E-state index contributed by atoms with van der Waals surface area (Å²) < 4.78 is 51.3. The molecule has 0 aromatic heterocycles. The fourth-order valence-corrected chi connectivity index (χ4v) is 3.89. The Labute approximate surface area is 166 Å². The molecule has 0 unspecified atom stereocenters.